The van der Waals surface area contributed by atoms with Crippen LogP contribution in [0.4, 0.5) is 10.5 Å². The smallest absolute Gasteiger partial charge is 0.329 e. The summed E-state index contributed by atoms with van der Waals surface area (Å²) in [7, 11) is 0. The highest BCUT2D eigenvalue weighted by atomic mass is 35.5. The third-order valence-corrected chi connectivity index (χ3v) is 3.76. The first kappa shape index (κ1) is 21.2. The molecule has 4 N–H and O–H groups in total. The average Bonchev–Trinajstić information content (AvgIpc) is 2.78. The van der Waals surface area contributed by atoms with Gasteiger partial charge in [-0.05, 0) is 44.5 Å². The Hall–Kier alpha value is -1.83. The lowest BCUT2D eigenvalue weighted by molar-refractivity contribution is -0.122. The van der Waals surface area contributed by atoms with Crippen molar-refractivity contribution in [2.75, 3.05) is 11.4 Å². The molecule has 138 valence electrons. The van der Waals surface area contributed by atoms with Crippen molar-refractivity contribution in [3.05, 3.63) is 29.3 Å². The van der Waals surface area contributed by atoms with E-state index in [1.807, 2.05) is 0 Å². The van der Waals surface area contributed by atoms with E-state index in [1.54, 1.807) is 38.1 Å². The monoisotopic (exact) mass is 388 g/mol. The lowest BCUT2D eigenvalue weighted by Gasteiger charge is -2.19. The predicted molar refractivity (Wildman–Crippen MR) is 99.0 cm³/mol. The van der Waals surface area contributed by atoms with Crippen LogP contribution in [0.25, 0.3) is 0 Å². The van der Waals surface area contributed by atoms with Gasteiger partial charge in [0, 0.05) is 23.5 Å². The molecule has 0 aliphatic carbocycles. The Bertz CT molecular complexity index is 644. The van der Waals surface area contributed by atoms with E-state index in [9.17, 15) is 14.4 Å². The van der Waals surface area contributed by atoms with Gasteiger partial charge in [0.2, 0.25) is 5.91 Å². The molecule has 0 bridgehead atoms. The number of halogens is 2. The van der Waals surface area contributed by atoms with Crippen LogP contribution in [0.15, 0.2) is 24.3 Å². The van der Waals surface area contributed by atoms with Gasteiger partial charge in [0.1, 0.15) is 6.04 Å². The zero-order valence-electron chi connectivity index (χ0n) is 14.0. The van der Waals surface area contributed by atoms with Gasteiger partial charge in [0.25, 0.3) is 5.91 Å². The van der Waals surface area contributed by atoms with Gasteiger partial charge in [-0.1, -0.05) is 11.6 Å². The molecular formula is C16H22Cl2N4O3. The Morgan fingerprint density at radius 3 is 2.48 bits per heavy atom. The molecule has 4 amide bonds. The van der Waals surface area contributed by atoms with Crippen LogP contribution < -0.4 is 21.3 Å². The van der Waals surface area contributed by atoms with E-state index >= 15 is 0 Å². The summed E-state index contributed by atoms with van der Waals surface area (Å²) in [5.74, 6) is -0.588. The van der Waals surface area contributed by atoms with Crippen LogP contribution in [0.2, 0.25) is 5.02 Å². The molecule has 0 aromatic heterocycles. The molecule has 1 unspecified atom stereocenters. The second-order valence-corrected chi connectivity index (χ2v) is 6.89. The van der Waals surface area contributed by atoms with E-state index in [2.05, 4.69) is 10.6 Å². The molecule has 9 heteroatoms. The Kier molecular flexibility index (Phi) is 7.22. The first-order valence-electron chi connectivity index (χ1n) is 7.63. The molecule has 7 nitrogen and oxygen atoms in total. The zero-order chi connectivity index (χ0) is 17.9. The fraction of sp³-hybridized carbons (Fsp3) is 0.438. The van der Waals surface area contributed by atoms with E-state index in [4.69, 9.17) is 17.3 Å². The summed E-state index contributed by atoms with van der Waals surface area (Å²) in [5.41, 5.74) is 5.74. The van der Waals surface area contributed by atoms with Crippen LogP contribution in [-0.4, -0.2) is 36.0 Å². The highest BCUT2D eigenvalue weighted by Gasteiger charge is 2.38. The number of benzene rings is 1. The summed E-state index contributed by atoms with van der Waals surface area (Å²) in [4.78, 5) is 37.3. The molecule has 1 saturated heterocycles. The molecule has 1 aliphatic heterocycles. The molecule has 1 heterocycles. The maximum Gasteiger partial charge on any atom is 0.329 e. The molecule has 25 heavy (non-hydrogen) atoms. The Morgan fingerprint density at radius 1 is 1.32 bits per heavy atom. The topological polar surface area (TPSA) is 105 Å². The molecular weight excluding hydrogens is 367 g/mol. The Labute approximate surface area is 157 Å². The molecule has 0 saturated carbocycles. The van der Waals surface area contributed by atoms with E-state index < -0.39 is 17.6 Å². The minimum atomic E-state index is -0.718. The largest absolute Gasteiger partial charge is 0.354 e. The van der Waals surface area contributed by atoms with Crippen molar-refractivity contribution < 1.29 is 14.4 Å². The van der Waals surface area contributed by atoms with Crippen molar-refractivity contribution in [2.45, 2.75) is 38.3 Å². The van der Waals surface area contributed by atoms with Crippen LogP contribution >= 0.6 is 24.0 Å². The normalized spacial score (nSPS) is 17.1. The van der Waals surface area contributed by atoms with Gasteiger partial charge in [-0.25, -0.2) is 9.69 Å². The van der Waals surface area contributed by atoms with Gasteiger partial charge in [0.05, 0.1) is 5.69 Å². The Morgan fingerprint density at radius 2 is 1.92 bits per heavy atom. The second-order valence-electron chi connectivity index (χ2n) is 6.46. The fourth-order valence-electron chi connectivity index (χ4n) is 2.25. The number of rotatable bonds is 6. The van der Waals surface area contributed by atoms with Crippen LogP contribution in [0, 0.1) is 0 Å². The third kappa shape index (κ3) is 5.88. The molecule has 1 aromatic carbocycles. The standard InChI is InChI=1S/C16H21ClN4O3.ClH/c1-16(2,18)9-19-13(22)8-7-12-14(23)21(15(24)20-12)11-5-3-10(17)4-6-11;/h3-6,12H,7-9,18H2,1-2H3,(H,19,22)(H,20,24);1H. The summed E-state index contributed by atoms with van der Waals surface area (Å²) in [6.07, 6.45) is 0.354. The van der Waals surface area contributed by atoms with Crippen molar-refractivity contribution in [1.29, 1.82) is 0 Å². The van der Waals surface area contributed by atoms with Gasteiger partial charge in [-0.3, -0.25) is 9.59 Å². The number of hydrogen-bond acceptors (Lipinski definition) is 4. The van der Waals surface area contributed by atoms with Crippen LogP contribution in [0.5, 0.6) is 0 Å². The van der Waals surface area contributed by atoms with E-state index in [0.29, 0.717) is 17.3 Å². The summed E-state index contributed by atoms with van der Waals surface area (Å²) < 4.78 is 0. The Balaban J connectivity index is 0.00000312. The van der Waals surface area contributed by atoms with E-state index in [0.717, 1.165) is 4.90 Å². The number of nitrogens with zero attached hydrogens (tertiary/aromatic N) is 1. The SMILES string of the molecule is CC(C)(N)CNC(=O)CCC1NC(=O)N(c2ccc(Cl)cc2)C1=O.Cl. The van der Waals surface area contributed by atoms with Gasteiger partial charge in [0.15, 0.2) is 0 Å². The second kappa shape index (κ2) is 8.51. The number of imide groups is 1. The van der Waals surface area contributed by atoms with Crippen molar-refractivity contribution in [3.63, 3.8) is 0 Å². The van der Waals surface area contributed by atoms with Crippen LogP contribution in [0.1, 0.15) is 26.7 Å². The summed E-state index contributed by atoms with van der Waals surface area (Å²) >= 11 is 5.81. The highest BCUT2D eigenvalue weighted by Crippen LogP contribution is 2.23. The van der Waals surface area contributed by atoms with Gasteiger partial charge >= 0.3 is 6.03 Å². The number of nitrogens with two attached hydrogens (primary N) is 1. The summed E-state index contributed by atoms with van der Waals surface area (Å²) in [6, 6.07) is 5.18. The van der Waals surface area contributed by atoms with Crippen LogP contribution in [0.3, 0.4) is 0 Å². The number of urea groups is 1. The number of anilines is 1. The number of nitrogens with one attached hydrogen (secondary N) is 2. The van der Waals surface area contributed by atoms with Gasteiger partial charge < -0.3 is 16.4 Å². The minimum absolute atomic E-state index is 0. The van der Waals surface area contributed by atoms with Crippen molar-refractivity contribution >= 4 is 47.5 Å². The summed E-state index contributed by atoms with van der Waals surface area (Å²) in [5, 5.41) is 5.82. The van der Waals surface area contributed by atoms with Gasteiger partial charge in [-0.15, -0.1) is 12.4 Å². The molecule has 0 spiro atoms. The summed E-state index contributed by atoms with van der Waals surface area (Å²) in [6.45, 7) is 3.95. The van der Waals surface area contributed by atoms with Crippen molar-refractivity contribution in [3.8, 4) is 0 Å². The maximum atomic E-state index is 12.4. The lowest BCUT2D eigenvalue weighted by atomic mass is 10.1. The number of carbonyl (C=O) groups excluding carboxylic acids is 3. The number of carbonyl (C=O) groups is 3. The maximum absolute atomic E-state index is 12.4. The molecule has 1 fully saturated rings. The average molecular weight is 389 g/mol. The predicted octanol–water partition coefficient (Wildman–Crippen LogP) is 1.82. The molecule has 1 aliphatic rings. The number of hydrogen-bond donors (Lipinski definition) is 3. The quantitative estimate of drug-likeness (QED) is 0.646. The number of amides is 4. The first-order valence-corrected chi connectivity index (χ1v) is 8.01. The van der Waals surface area contributed by atoms with Gasteiger partial charge in [-0.2, -0.15) is 0 Å². The molecule has 1 aromatic rings. The molecule has 0 radical (unpaired) electrons. The molecule has 2 rings (SSSR count). The lowest BCUT2D eigenvalue weighted by Crippen LogP contribution is -2.45. The zero-order valence-corrected chi connectivity index (χ0v) is 15.6. The fourth-order valence-corrected chi connectivity index (χ4v) is 2.38. The minimum Gasteiger partial charge on any atom is -0.354 e. The van der Waals surface area contributed by atoms with E-state index in [1.165, 1.54) is 0 Å². The third-order valence-electron chi connectivity index (χ3n) is 3.51. The van der Waals surface area contributed by atoms with E-state index in [-0.39, 0.29) is 37.1 Å². The van der Waals surface area contributed by atoms with Crippen molar-refractivity contribution in [2.24, 2.45) is 5.73 Å². The van der Waals surface area contributed by atoms with Crippen molar-refractivity contribution in [1.82, 2.24) is 10.6 Å². The molecule has 1 atom stereocenters. The highest BCUT2D eigenvalue weighted by molar-refractivity contribution is 6.30. The van der Waals surface area contributed by atoms with Crippen LogP contribution in [-0.2, 0) is 9.59 Å². The first-order chi connectivity index (χ1) is 11.2.